The van der Waals surface area contributed by atoms with Crippen LogP contribution in [0.4, 0.5) is 10.5 Å². The molecule has 3 amide bonds. The van der Waals surface area contributed by atoms with Gasteiger partial charge in [0, 0.05) is 4.47 Å². The van der Waals surface area contributed by atoms with Gasteiger partial charge in [0.05, 0.1) is 5.69 Å². The number of rotatable bonds is 1. The summed E-state index contributed by atoms with van der Waals surface area (Å²) in [7, 11) is 0. The zero-order valence-corrected chi connectivity index (χ0v) is 10.8. The summed E-state index contributed by atoms with van der Waals surface area (Å²) in [6, 6.07) is 5.04. The van der Waals surface area contributed by atoms with Gasteiger partial charge in [0.2, 0.25) is 5.71 Å². The Labute approximate surface area is 115 Å². The summed E-state index contributed by atoms with van der Waals surface area (Å²) in [5, 5.41) is 31.6. The first-order valence-corrected chi connectivity index (χ1v) is 5.75. The van der Waals surface area contributed by atoms with Crippen molar-refractivity contribution in [3.63, 3.8) is 0 Å². The third-order valence-electron chi connectivity index (χ3n) is 2.41. The van der Waals surface area contributed by atoms with Crippen molar-refractivity contribution >= 4 is 39.3 Å². The number of urea groups is 1. The van der Waals surface area contributed by atoms with Crippen molar-refractivity contribution in [2.24, 2.45) is 5.16 Å². The second-order valence-electron chi connectivity index (χ2n) is 3.67. The van der Waals surface area contributed by atoms with E-state index < -0.39 is 23.6 Å². The largest absolute Gasteiger partial charge is 0.410 e. The third-order valence-corrected chi connectivity index (χ3v) is 2.93. The first kappa shape index (κ1) is 13.5. The molecular weight excluding hydrogens is 322 g/mol. The van der Waals surface area contributed by atoms with Crippen LogP contribution in [0.1, 0.15) is 0 Å². The number of oxime groups is 1. The Morgan fingerprint density at radius 1 is 1.21 bits per heavy atom. The molecule has 8 nitrogen and oxygen atoms in total. The van der Waals surface area contributed by atoms with Gasteiger partial charge in [-0.05, 0) is 24.3 Å². The molecular formula is C10H8BrN3O5. The van der Waals surface area contributed by atoms with E-state index in [0.29, 0.717) is 4.90 Å². The molecule has 19 heavy (non-hydrogen) atoms. The molecule has 1 saturated heterocycles. The van der Waals surface area contributed by atoms with Gasteiger partial charge in [0.25, 0.3) is 5.91 Å². The minimum absolute atomic E-state index is 0.183. The van der Waals surface area contributed by atoms with Gasteiger partial charge in [0.15, 0.2) is 0 Å². The number of carbonyl (C=O) groups is 2. The zero-order chi connectivity index (χ0) is 14.2. The lowest BCUT2D eigenvalue weighted by Crippen LogP contribution is -2.68. The molecule has 0 aromatic heterocycles. The summed E-state index contributed by atoms with van der Waals surface area (Å²) in [5.74, 6) is -4.15. The van der Waals surface area contributed by atoms with Crippen LogP contribution in [0.25, 0.3) is 0 Å². The molecule has 100 valence electrons. The van der Waals surface area contributed by atoms with Crippen LogP contribution in [0.2, 0.25) is 0 Å². The topological polar surface area (TPSA) is 122 Å². The van der Waals surface area contributed by atoms with Crippen LogP contribution >= 0.6 is 15.9 Å². The molecule has 0 atom stereocenters. The summed E-state index contributed by atoms with van der Waals surface area (Å²) in [4.78, 5) is 24.2. The SMILES string of the molecule is O=C1NC(O)(O)C(=NO)C(=O)N1c1ccc(Br)cc1. The lowest BCUT2D eigenvalue weighted by Gasteiger charge is -2.33. The van der Waals surface area contributed by atoms with E-state index in [9.17, 15) is 19.8 Å². The Kier molecular flexibility index (Phi) is 3.27. The molecule has 0 radical (unpaired) electrons. The number of nitrogens with one attached hydrogen (secondary N) is 1. The molecule has 2 rings (SSSR count). The van der Waals surface area contributed by atoms with E-state index in [1.165, 1.54) is 12.1 Å². The maximum absolute atomic E-state index is 11.9. The minimum Gasteiger partial charge on any atom is -0.410 e. The first-order valence-electron chi connectivity index (χ1n) is 4.96. The van der Waals surface area contributed by atoms with E-state index >= 15 is 0 Å². The van der Waals surface area contributed by atoms with Crippen LogP contribution < -0.4 is 10.2 Å². The van der Waals surface area contributed by atoms with Gasteiger partial charge in [-0.1, -0.05) is 21.1 Å². The molecule has 0 aliphatic carbocycles. The number of nitrogens with zero attached hydrogens (tertiary/aromatic N) is 2. The molecule has 1 heterocycles. The summed E-state index contributed by atoms with van der Waals surface area (Å²) in [5.41, 5.74) is -0.822. The number of carbonyl (C=O) groups excluding carboxylic acids is 2. The third kappa shape index (κ3) is 2.30. The van der Waals surface area contributed by atoms with Crippen molar-refractivity contribution in [1.29, 1.82) is 0 Å². The van der Waals surface area contributed by atoms with Gasteiger partial charge in [-0.3, -0.25) is 10.1 Å². The van der Waals surface area contributed by atoms with E-state index in [1.54, 1.807) is 17.4 Å². The summed E-state index contributed by atoms with van der Waals surface area (Å²) < 4.78 is 0.732. The van der Waals surface area contributed by atoms with Gasteiger partial charge in [-0.15, -0.1) is 0 Å². The Hall–Kier alpha value is -1.97. The van der Waals surface area contributed by atoms with Crippen LogP contribution in [0, 0.1) is 0 Å². The maximum Gasteiger partial charge on any atom is 0.333 e. The summed E-state index contributed by atoms with van der Waals surface area (Å²) in [6.07, 6.45) is 0. The van der Waals surface area contributed by atoms with Crippen LogP contribution in [0.5, 0.6) is 0 Å². The average Bonchev–Trinajstić information content (AvgIpc) is 2.30. The van der Waals surface area contributed by atoms with E-state index in [1.807, 2.05) is 0 Å². The quantitative estimate of drug-likeness (QED) is 0.327. The van der Waals surface area contributed by atoms with Crippen molar-refractivity contribution in [1.82, 2.24) is 5.32 Å². The fourth-order valence-corrected chi connectivity index (χ4v) is 1.81. The lowest BCUT2D eigenvalue weighted by molar-refractivity contribution is -0.132. The summed E-state index contributed by atoms with van der Waals surface area (Å²) >= 11 is 3.20. The number of hydrogen-bond donors (Lipinski definition) is 4. The highest BCUT2D eigenvalue weighted by Crippen LogP contribution is 2.22. The van der Waals surface area contributed by atoms with E-state index in [4.69, 9.17) is 5.21 Å². The molecule has 1 aromatic carbocycles. The molecule has 0 bridgehead atoms. The Bertz CT molecular complexity index is 569. The van der Waals surface area contributed by atoms with Crippen LogP contribution in [-0.4, -0.2) is 39.0 Å². The number of imide groups is 1. The molecule has 0 saturated carbocycles. The molecule has 1 aliphatic heterocycles. The van der Waals surface area contributed by atoms with Gasteiger partial charge in [-0.25, -0.2) is 9.69 Å². The molecule has 0 spiro atoms. The molecule has 4 N–H and O–H groups in total. The molecule has 1 aliphatic rings. The predicted molar refractivity (Wildman–Crippen MR) is 66.5 cm³/mol. The number of hydrogen-bond acceptors (Lipinski definition) is 6. The maximum atomic E-state index is 11.9. The lowest BCUT2D eigenvalue weighted by atomic mass is 10.1. The second kappa shape index (κ2) is 4.61. The fourth-order valence-electron chi connectivity index (χ4n) is 1.55. The highest BCUT2D eigenvalue weighted by Gasteiger charge is 2.48. The Balaban J connectivity index is 2.44. The van der Waals surface area contributed by atoms with E-state index in [-0.39, 0.29) is 5.69 Å². The van der Waals surface area contributed by atoms with Crippen molar-refractivity contribution in [2.75, 3.05) is 4.90 Å². The van der Waals surface area contributed by atoms with Crippen molar-refractivity contribution in [2.45, 2.75) is 5.91 Å². The number of aliphatic hydroxyl groups is 2. The summed E-state index contributed by atoms with van der Waals surface area (Å²) in [6.45, 7) is 0. The Morgan fingerprint density at radius 3 is 2.32 bits per heavy atom. The van der Waals surface area contributed by atoms with Crippen molar-refractivity contribution < 1.29 is 25.0 Å². The number of halogens is 1. The minimum atomic E-state index is -3.01. The predicted octanol–water partition coefficient (Wildman–Crippen LogP) is -0.0261. The molecule has 1 fully saturated rings. The van der Waals surface area contributed by atoms with E-state index in [2.05, 4.69) is 21.1 Å². The average molecular weight is 330 g/mol. The second-order valence-corrected chi connectivity index (χ2v) is 4.58. The van der Waals surface area contributed by atoms with Gasteiger partial charge < -0.3 is 15.4 Å². The number of anilines is 1. The van der Waals surface area contributed by atoms with Crippen molar-refractivity contribution in [3.8, 4) is 0 Å². The standard InChI is InChI=1S/C10H8BrN3O5/c11-5-1-3-6(4-2-5)14-8(15)7(13-19)10(17,18)12-9(14)16/h1-4,17-19H,(H,12,16). The Morgan fingerprint density at radius 2 is 1.79 bits per heavy atom. The van der Waals surface area contributed by atoms with E-state index in [0.717, 1.165) is 4.47 Å². The number of benzene rings is 1. The highest BCUT2D eigenvalue weighted by atomic mass is 79.9. The van der Waals surface area contributed by atoms with Gasteiger partial charge in [0.1, 0.15) is 0 Å². The molecule has 9 heteroatoms. The van der Waals surface area contributed by atoms with Gasteiger partial charge in [-0.2, -0.15) is 0 Å². The zero-order valence-electron chi connectivity index (χ0n) is 9.24. The smallest absolute Gasteiger partial charge is 0.333 e. The number of amides is 3. The highest BCUT2D eigenvalue weighted by molar-refractivity contribution is 9.10. The van der Waals surface area contributed by atoms with Crippen LogP contribution in [0.3, 0.4) is 0 Å². The monoisotopic (exact) mass is 329 g/mol. The normalized spacial score (nSPS) is 20.6. The van der Waals surface area contributed by atoms with Crippen LogP contribution in [-0.2, 0) is 4.79 Å². The van der Waals surface area contributed by atoms with Crippen molar-refractivity contribution in [3.05, 3.63) is 28.7 Å². The first-order chi connectivity index (χ1) is 8.86. The molecule has 0 unspecified atom stereocenters. The van der Waals surface area contributed by atoms with Gasteiger partial charge >= 0.3 is 11.9 Å². The van der Waals surface area contributed by atoms with Crippen LogP contribution in [0.15, 0.2) is 33.9 Å². The molecule has 1 aromatic rings. The fraction of sp³-hybridized carbons (Fsp3) is 0.100.